The summed E-state index contributed by atoms with van der Waals surface area (Å²) in [4.78, 5) is 16.2. The third-order valence-corrected chi connectivity index (χ3v) is 3.37. The van der Waals surface area contributed by atoms with Gasteiger partial charge in [0.05, 0.1) is 11.4 Å². The molecule has 0 aromatic carbocycles. The SMILES string of the molecule is CCc1cc(C(=O)Nc2c(C)cc(Cl)nc2Cl)n(C)n1. The number of carbonyl (C=O) groups is 1. The van der Waals surface area contributed by atoms with Crippen molar-refractivity contribution in [2.75, 3.05) is 5.32 Å². The Balaban J connectivity index is 2.30. The number of anilines is 1. The second-order valence-electron chi connectivity index (χ2n) is 4.38. The van der Waals surface area contributed by atoms with Crippen LogP contribution < -0.4 is 5.32 Å². The van der Waals surface area contributed by atoms with Gasteiger partial charge in [-0.05, 0) is 31.0 Å². The van der Waals surface area contributed by atoms with E-state index in [2.05, 4.69) is 15.4 Å². The lowest BCUT2D eigenvalue weighted by Crippen LogP contribution is -2.17. The van der Waals surface area contributed by atoms with Crippen molar-refractivity contribution in [3.63, 3.8) is 0 Å². The van der Waals surface area contributed by atoms with E-state index in [4.69, 9.17) is 23.2 Å². The highest BCUT2D eigenvalue weighted by molar-refractivity contribution is 6.35. The lowest BCUT2D eigenvalue weighted by atomic mass is 10.2. The summed E-state index contributed by atoms with van der Waals surface area (Å²) < 4.78 is 1.54. The number of rotatable bonds is 3. The normalized spacial score (nSPS) is 10.7. The van der Waals surface area contributed by atoms with Crippen molar-refractivity contribution in [2.24, 2.45) is 7.05 Å². The molecule has 0 atom stereocenters. The number of aryl methyl sites for hydroxylation is 3. The Morgan fingerprint density at radius 1 is 1.40 bits per heavy atom. The van der Waals surface area contributed by atoms with Crippen molar-refractivity contribution >= 4 is 34.8 Å². The van der Waals surface area contributed by atoms with E-state index < -0.39 is 0 Å². The van der Waals surface area contributed by atoms with E-state index in [1.54, 1.807) is 30.8 Å². The van der Waals surface area contributed by atoms with Crippen LogP contribution in [0.3, 0.4) is 0 Å². The van der Waals surface area contributed by atoms with Crippen LogP contribution in [0.1, 0.15) is 28.7 Å². The maximum atomic E-state index is 12.3. The van der Waals surface area contributed by atoms with Gasteiger partial charge >= 0.3 is 0 Å². The lowest BCUT2D eigenvalue weighted by molar-refractivity contribution is 0.101. The Hall–Kier alpha value is -1.59. The summed E-state index contributed by atoms with van der Waals surface area (Å²) in [5, 5.41) is 7.44. The molecule has 1 N–H and O–H groups in total. The van der Waals surface area contributed by atoms with Gasteiger partial charge < -0.3 is 5.32 Å². The van der Waals surface area contributed by atoms with E-state index in [1.807, 2.05) is 6.92 Å². The smallest absolute Gasteiger partial charge is 0.274 e. The van der Waals surface area contributed by atoms with Gasteiger partial charge in [-0.1, -0.05) is 30.1 Å². The van der Waals surface area contributed by atoms with Crippen molar-refractivity contribution < 1.29 is 4.79 Å². The van der Waals surface area contributed by atoms with E-state index in [0.29, 0.717) is 16.5 Å². The largest absolute Gasteiger partial charge is 0.318 e. The number of hydrogen-bond donors (Lipinski definition) is 1. The van der Waals surface area contributed by atoms with Crippen LogP contribution in [0.4, 0.5) is 5.69 Å². The molecule has 0 radical (unpaired) electrons. The fourth-order valence-electron chi connectivity index (χ4n) is 1.84. The molecular weight excluding hydrogens is 299 g/mol. The summed E-state index contributed by atoms with van der Waals surface area (Å²) in [6.07, 6.45) is 0.767. The van der Waals surface area contributed by atoms with Crippen molar-refractivity contribution in [3.05, 3.63) is 39.4 Å². The van der Waals surface area contributed by atoms with E-state index >= 15 is 0 Å². The molecule has 5 nitrogen and oxygen atoms in total. The average molecular weight is 313 g/mol. The quantitative estimate of drug-likeness (QED) is 0.885. The molecular formula is C13H14Cl2N4O. The fourth-order valence-corrected chi connectivity index (χ4v) is 2.41. The summed E-state index contributed by atoms with van der Waals surface area (Å²) in [5.41, 5.74) is 2.53. The highest BCUT2D eigenvalue weighted by Gasteiger charge is 2.16. The van der Waals surface area contributed by atoms with E-state index in [-0.39, 0.29) is 11.1 Å². The standard InChI is InChI=1S/C13H14Cl2N4O/c1-4-8-6-9(19(3)18-8)13(20)17-11-7(2)5-10(14)16-12(11)15/h5-6H,4H2,1-3H3,(H,17,20). The summed E-state index contributed by atoms with van der Waals surface area (Å²) in [6, 6.07) is 3.39. The maximum absolute atomic E-state index is 12.3. The number of nitrogens with one attached hydrogen (secondary N) is 1. The van der Waals surface area contributed by atoms with Crippen LogP contribution in [0.5, 0.6) is 0 Å². The monoisotopic (exact) mass is 312 g/mol. The zero-order valence-corrected chi connectivity index (χ0v) is 12.9. The minimum Gasteiger partial charge on any atom is -0.318 e. The first-order chi connectivity index (χ1) is 9.42. The second-order valence-corrected chi connectivity index (χ2v) is 5.13. The molecule has 0 spiro atoms. The predicted molar refractivity (Wildman–Crippen MR) is 79.5 cm³/mol. The molecule has 0 saturated heterocycles. The molecule has 1 amide bonds. The van der Waals surface area contributed by atoms with Gasteiger partial charge in [0.25, 0.3) is 5.91 Å². The first kappa shape index (κ1) is 14.8. The van der Waals surface area contributed by atoms with Crippen LogP contribution in [-0.2, 0) is 13.5 Å². The van der Waals surface area contributed by atoms with Crippen LogP contribution in [0.2, 0.25) is 10.3 Å². The van der Waals surface area contributed by atoms with E-state index in [1.165, 1.54) is 0 Å². The predicted octanol–water partition coefficient (Wildman–Crippen LogP) is 3.25. The van der Waals surface area contributed by atoms with Crippen LogP contribution in [0.15, 0.2) is 12.1 Å². The minimum atomic E-state index is -0.283. The summed E-state index contributed by atoms with van der Waals surface area (Å²) in [5.74, 6) is -0.283. The van der Waals surface area contributed by atoms with Crippen LogP contribution in [0.25, 0.3) is 0 Å². The molecule has 0 aliphatic carbocycles. The molecule has 0 unspecified atom stereocenters. The lowest BCUT2D eigenvalue weighted by Gasteiger charge is -2.10. The van der Waals surface area contributed by atoms with Gasteiger partial charge in [0.1, 0.15) is 10.8 Å². The maximum Gasteiger partial charge on any atom is 0.274 e. The molecule has 106 valence electrons. The molecule has 0 fully saturated rings. The highest BCUT2D eigenvalue weighted by Crippen LogP contribution is 2.26. The summed E-state index contributed by atoms with van der Waals surface area (Å²) in [6.45, 7) is 3.78. The summed E-state index contributed by atoms with van der Waals surface area (Å²) >= 11 is 11.8. The first-order valence-electron chi connectivity index (χ1n) is 6.09. The second kappa shape index (κ2) is 5.81. The summed E-state index contributed by atoms with van der Waals surface area (Å²) in [7, 11) is 1.72. The highest BCUT2D eigenvalue weighted by atomic mass is 35.5. The van der Waals surface area contributed by atoms with Gasteiger partial charge in [-0.3, -0.25) is 9.48 Å². The number of halogens is 2. The Morgan fingerprint density at radius 2 is 2.10 bits per heavy atom. The molecule has 0 saturated carbocycles. The Kier molecular flexibility index (Phi) is 4.30. The molecule has 0 aliphatic rings. The molecule has 0 bridgehead atoms. The van der Waals surface area contributed by atoms with Crippen LogP contribution >= 0.6 is 23.2 Å². The van der Waals surface area contributed by atoms with Gasteiger partial charge in [0.15, 0.2) is 5.15 Å². The van der Waals surface area contributed by atoms with Crippen molar-refractivity contribution in [2.45, 2.75) is 20.3 Å². The Labute approximate surface area is 126 Å². The van der Waals surface area contributed by atoms with Crippen molar-refractivity contribution in [1.82, 2.24) is 14.8 Å². The molecule has 2 heterocycles. The molecule has 0 aliphatic heterocycles. The molecule has 2 aromatic rings. The Morgan fingerprint density at radius 3 is 2.65 bits per heavy atom. The topological polar surface area (TPSA) is 59.8 Å². The van der Waals surface area contributed by atoms with Crippen LogP contribution in [0, 0.1) is 6.92 Å². The number of carbonyl (C=O) groups excluding carboxylic acids is 1. The van der Waals surface area contributed by atoms with Crippen LogP contribution in [-0.4, -0.2) is 20.7 Å². The van der Waals surface area contributed by atoms with E-state index in [9.17, 15) is 4.79 Å². The van der Waals surface area contributed by atoms with Crippen molar-refractivity contribution in [3.8, 4) is 0 Å². The number of pyridine rings is 1. The van der Waals surface area contributed by atoms with E-state index in [0.717, 1.165) is 17.7 Å². The third kappa shape index (κ3) is 2.94. The molecule has 2 rings (SSSR count). The first-order valence-corrected chi connectivity index (χ1v) is 6.85. The zero-order chi connectivity index (χ0) is 14.9. The van der Waals surface area contributed by atoms with Gasteiger partial charge in [0, 0.05) is 7.05 Å². The van der Waals surface area contributed by atoms with Gasteiger partial charge in [-0.25, -0.2) is 4.98 Å². The van der Waals surface area contributed by atoms with Crippen molar-refractivity contribution in [1.29, 1.82) is 0 Å². The fraction of sp³-hybridized carbons (Fsp3) is 0.308. The Bertz CT molecular complexity index is 643. The average Bonchev–Trinajstić information content (AvgIpc) is 2.75. The zero-order valence-electron chi connectivity index (χ0n) is 11.4. The third-order valence-electron chi connectivity index (χ3n) is 2.91. The number of nitrogens with zero attached hydrogens (tertiary/aromatic N) is 3. The minimum absolute atomic E-state index is 0.168. The molecule has 20 heavy (non-hydrogen) atoms. The van der Waals surface area contributed by atoms with Gasteiger partial charge in [-0.15, -0.1) is 0 Å². The molecule has 7 heteroatoms. The number of amides is 1. The van der Waals surface area contributed by atoms with Gasteiger partial charge in [0.2, 0.25) is 0 Å². The van der Waals surface area contributed by atoms with Gasteiger partial charge in [-0.2, -0.15) is 5.10 Å². The number of hydrogen-bond acceptors (Lipinski definition) is 3. The number of aromatic nitrogens is 3. The molecule has 2 aromatic heterocycles.